The number of hydrogen-bond donors (Lipinski definition) is 0. The molecule has 3 aromatic heterocycles. The molecule has 3 heterocycles. The fourth-order valence-corrected chi connectivity index (χ4v) is 8.45. The number of fused-ring (bicyclic) bond motifs is 6. The second kappa shape index (κ2) is 16.3. The van der Waals surface area contributed by atoms with Gasteiger partial charge in [0.25, 0.3) is 0 Å². The van der Waals surface area contributed by atoms with Crippen molar-refractivity contribution in [2.45, 2.75) is 13.2 Å². The molecule has 0 saturated carbocycles. The highest BCUT2D eigenvalue weighted by atomic mass is 16.5. The van der Waals surface area contributed by atoms with Gasteiger partial charge in [-0.25, -0.2) is 14.6 Å². The van der Waals surface area contributed by atoms with Crippen LogP contribution in [0.5, 0.6) is 0 Å². The number of aromatic nitrogens is 5. The Morgan fingerprint density at radius 3 is 1.45 bits per heavy atom. The molecule has 11 aromatic rings. The lowest BCUT2D eigenvalue weighted by atomic mass is 10.1. The van der Waals surface area contributed by atoms with Crippen LogP contribution in [0.1, 0.15) is 31.8 Å². The summed E-state index contributed by atoms with van der Waals surface area (Å²) >= 11 is 0. The molecule has 0 amide bonds. The highest BCUT2D eigenvalue weighted by Crippen LogP contribution is 2.38. The third-order valence-corrected chi connectivity index (χ3v) is 11.5. The minimum Gasteiger partial charge on any atom is -0.457 e. The van der Waals surface area contributed by atoms with Gasteiger partial charge in [-0.1, -0.05) is 140 Å². The first kappa shape index (κ1) is 38.2. The molecule has 0 atom stereocenters. The van der Waals surface area contributed by atoms with Crippen LogP contribution in [0.25, 0.3) is 78.0 Å². The topological polar surface area (TPSA) is 101 Å². The molecule has 0 bridgehead atoms. The van der Waals surface area contributed by atoms with Crippen molar-refractivity contribution in [1.29, 1.82) is 0 Å². The zero-order valence-electron chi connectivity index (χ0n) is 34.3. The van der Waals surface area contributed by atoms with Crippen LogP contribution in [0.3, 0.4) is 0 Å². The summed E-state index contributed by atoms with van der Waals surface area (Å²) in [5, 5.41) is 3.70. The Kier molecular flexibility index (Phi) is 9.74. The largest absolute Gasteiger partial charge is 0.457 e. The maximum absolute atomic E-state index is 13.4. The van der Waals surface area contributed by atoms with Crippen molar-refractivity contribution in [1.82, 2.24) is 24.1 Å². The van der Waals surface area contributed by atoms with Crippen molar-refractivity contribution >= 4 is 55.6 Å². The summed E-state index contributed by atoms with van der Waals surface area (Å²) in [5.41, 5.74) is 8.78. The molecule has 0 N–H and O–H groups in total. The minimum absolute atomic E-state index is 0.177. The molecule has 0 unspecified atom stereocenters. The van der Waals surface area contributed by atoms with Gasteiger partial charge in [0.2, 0.25) is 5.95 Å². The molecule has 11 rings (SSSR count). The van der Waals surface area contributed by atoms with Gasteiger partial charge in [0, 0.05) is 32.7 Å². The SMILES string of the molecule is O=C(OCc1ccccc1)c1ccc2c(c1)c1ccccc1n2-c1nc(-c2ccccc2)nc(-c2ccccc2-n2c3ccccc3c3cc(C(=O)OCc4ccccc4)ccc32)n1. The fourth-order valence-electron chi connectivity index (χ4n) is 8.45. The van der Waals surface area contributed by atoms with E-state index >= 15 is 0 Å². The van der Waals surface area contributed by atoms with E-state index in [0.717, 1.165) is 71.6 Å². The third kappa shape index (κ3) is 7.00. The number of rotatable bonds is 10. The van der Waals surface area contributed by atoms with Crippen molar-refractivity contribution in [2.75, 3.05) is 0 Å². The maximum Gasteiger partial charge on any atom is 0.338 e. The standard InChI is InChI=1S/C55H37N5O4/c61-53(63-34-36-16-4-1-5-17-36)39-28-30-49-44(32-39)41-22-10-13-25-46(41)59(49)48-27-15-12-24-43(48)52-56-51(38-20-8-3-9-21-38)57-55(58-52)60-47-26-14-11-23-42(47)45-33-40(29-31-50(45)60)54(62)64-35-37-18-6-2-7-19-37/h1-33H,34-35H2. The number of carbonyl (C=O) groups excluding carboxylic acids is 2. The summed E-state index contributed by atoms with van der Waals surface area (Å²) in [5.74, 6) is 0.600. The molecule has 0 aliphatic heterocycles. The molecular formula is C55H37N5O4. The predicted octanol–water partition coefficient (Wildman–Crippen LogP) is 12.1. The number of benzene rings is 8. The van der Waals surface area contributed by atoms with Crippen molar-refractivity contribution in [2.24, 2.45) is 0 Å². The van der Waals surface area contributed by atoms with Crippen LogP contribution >= 0.6 is 0 Å². The van der Waals surface area contributed by atoms with Crippen LogP contribution < -0.4 is 0 Å². The van der Waals surface area contributed by atoms with E-state index in [-0.39, 0.29) is 13.2 Å². The average Bonchev–Trinajstić information content (AvgIpc) is 3.88. The van der Waals surface area contributed by atoms with Gasteiger partial charge < -0.3 is 14.0 Å². The van der Waals surface area contributed by atoms with Crippen LogP contribution in [-0.4, -0.2) is 36.0 Å². The molecule has 8 aromatic carbocycles. The molecule has 0 spiro atoms. The van der Waals surface area contributed by atoms with E-state index in [1.807, 2.05) is 180 Å². The van der Waals surface area contributed by atoms with E-state index in [1.165, 1.54) is 0 Å². The van der Waals surface area contributed by atoms with Gasteiger partial charge in [0.05, 0.1) is 38.9 Å². The lowest BCUT2D eigenvalue weighted by Gasteiger charge is -2.15. The Labute approximate surface area is 367 Å². The van der Waals surface area contributed by atoms with Gasteiger partial charge in [0.1, 0.15) is 13.2 Å². The van der Waals surface area contributed by atoms with Gasteiger partial charge >= 0.3 is 11.9 Å². The van der Waals surface area contributed by atoms with Crippen molar-refractivity contribution in [3.05, 3.63) is 222 Å². The summed E-state index contributed by atoms with van der Waals surface area (Å²) < 4.78 is 15.7. The van der Waals surface area contributed by atoms with E-state index < -0.39 is 11.9 Å². The average molecular weight is 832 g/mol. The van der Waals surface area contributed by atoms with Crippen LogP contribution in [0, 0.1) is 0 Å². The molecule has 0 aliphatic rings. The number of carbonyl (C=O) groups is 2. The summed E-state index contributed by atoms with van der Waals surface area (Å²) in [4.78, 5) is 42.4. The lowest BCUT2D eigenvalue weighted by molar-refractivity contribution is 0.0464. The van der Waals surface area contributed by atoms with Gasteiger partial charge in [-0.2, -0.15) is 9.97 Å². The first-order valence-electron chi connectivity index (χ1n) is 21.0. The summed E-state index contributed by atoms with van der Waals surface area (Å²) in [6, 6.07) is 64.8. The number of nitrogens with zero attached hydrogens (tertiary/aromatic N) is 5. The van der Waals surface area contributed by atoms with Crippen LogP contribution in [0.4, 0.5) is 0 Å². The van der Waals surface area contributed by atoms with Crippen LogP contribution in [0.2, 0.25) is 0 Å². The molecule has 0 radical (unpaired) electrons. The molecule has 64 heavy (non-hydrogen) atoms. The molecule has 0 saturated heterocycles. The Balaban J connectivity index is 1.05. The van der Waals surface area contributed by atoms with Crippen molar-refractivity contribution in [3.8, 4) is 34.4 Å². The van der Waals surface area contributed by atoms with E-state index in [9.17, 15) is 9.59 Å². The quantitative estimate of drug-likeness (QED) is 0.126. The summed E-state index contributed by atoms with van der Waals surface area (Å²) in [7, 11) is 0. The zero-order chi connectivity index (χ0) is 43.0. The second-order valence-electron chi connectivity index (χ2n) is 15.5. The Bertz CT molecular complexity index is 3550. The van der Waals surface area contributed by atoms with E-state index in [4.69, 9.17) is 24.4 Å². The van der Waals surface area contributed by atoms with Gasteiger partial charge in [-0.05, 0) is 71.8 Å². The third-order valence-electron chi connectivity index (χ3n) is 11.5. The van der Waals surface area contributed by atoms with Gasteiger partial charge in [0.15, 0.2) is 11.6 Å². The first-order chi connectivity index (χ1) is 31.6. The van der Waals surface area contributed by atoms with E-state index in [1.54, 1.807) is 6.07 Å². The number of para-hydroxylation sites is 3. The van der Waals surface area contributed by atoms with Crippen molar-refractivity contribution in [3.63, 3.8) is 0 Å². The molecule has 9 heteroatoms. The van der Waals surface area contributed by atoms with Gasteiger partial charge in [-0.15, -0.1) is 0 Å². The predicted molar refractivity (Wildman–Crippen MR) is 250 cm³/mol. The summed E-state index contributed by atoms with van der Waals surface area (Å²) in [6.07, 6.45) is 0. The van der Waals surface area contributed by atoms with E-state index in [0.29, 0.717) is 28.7 Å². The Morgan fingerprint density at radius 2 is 0.859 bits per heavy atom. The van der Waals surface area contributed by atoms with Crippen LogP contribution in [-0.2, 0) is 22.7 Å². The maximum atomic E-state index is 13.4. The lowest BCUT2D eigenvalue weighted by Crippen LogP contribution is -2.08. The van der Waals surface area contributed by atoms with Gasteiger partial charge in [-0.3, -0.25) is 4.57 Å². The smallest absolute Gasteiger partial charge is 0.338 e. The monoisotopic (exact) mass is 831 g/mol. The van der Waals surface area contributed by atoms with E-state index in [2.05, 4.69) is 22.8 Å². The highest BCUT2D eigenvalue weighted by Gasteiger charge is 2.23. The Morgan fingerprint density at radius 1 is 0.406 bits per heavy atom. The van der Waals surface area contributed by atoms with Crippen molar-refractivity contribution < 1.29 is 19.1 Å². The number of esters is 2. The van der Waals surface area contributed by atoms with Crippen LogP contribution in [0.15, 0.2) is 200 Å². The zero-order valence-corrected chi connectivity index (χ0v) is 34.3. The fraction of sp³-hybridized carbons (Fsp3) is 0.0364. The number of hydrogen-bond acceptors (Lipinski definition) is 7. The second-order valence-corrected chi connectivity index (χ2v) is 15.5. The molecule has 0 aliphatic carbocycles. The number of ether oxygens (including phenoxy) is 2. The molecule has 306 valence electrons. The molecular weight excluding hydrogens is 795 g/mol. The molecule has 9 nitrogen and oxygen atoms in total. The highest BCUT2D eigenvalue weighted by molar-refractivity contribution is 6.12. The minimum atomic E-state index is -0.405. The molecule has 0 fully saturated rings. The Hall–Kier alpha value is -8.69. The summed E-state index contributed by atoms with van der Waals surface area (Å²) in [6.45, 7) is 0.363. The normalized spacial score (nSPS) is 11.4. The first-order valence-corrected chi connectivity index (χ1v) is 21.0.